The highest BCUT2D eigenvalue weighted by Crippen LogP contribution is 2.41. The number of hydrogen-bond acceptors (Lipinski definition) is 3. The van der Waals surface area contributed by atoms with Crippen LogP contribution < -0.4 is 0 Å². The largest absolute Gasteiger partial charge is 0.376 e. The third kappa shape index (κ3) is 7.94. The first-order chi connectivity index (χ1) is 17.2. The molecule has 2 saturated heterocycles. The van der Waals surface area contributed by atoms with Crippen molar-refractivity contribution in [3.8, 4) is 0 Å². The molecule has 2 fully saturated rings. The van der Waals surface area contributed by atoms with Crippen molar-refractivity contribution in [2.45, 2.75) is 103 Å². The van der Waals surface area contributed by atoms with Crippen molar-refractivity contribution >= 4 is 5.57 Å². The van der Waals surface area contributed by atoms with Crippen LogP contribution in [0.15, 0.2) is 66.9 Å². The number of benzene rings is 2. The first-order valence-corrected chi connectivity index (χ1v) is 14.2. The van der Waals surface area contributed by atoms with Gasteiger partial charge in [-0.2, -0.15) is 0 Å². The first kappa shape index (κ1) is 27.9. The van der Waals surface area contributed by atoms with Crippen LogP contribution in [0.5, 0.6) is 0 Å². The molecule has 37 heavy (non-hydrogen) atoms. The van der Waals surface area contributed by atoms with Gasteiger partial charge in [0.1, 0.15) is 0 Å². The normalized spacial score (nSPS) is 22.8. The van der Waals surface area contributed by atoms with Crippen LogP contribution >= 0.6 is 0 Å². The van der Waals surface area contributed by atoms with Gasteiger partial charge in [-0.15, -0.1) is 0 Å². The monoisotopic (exact) mass is 503 g/mol. The highest BCUT2D eigenvalue weighted by Gasteiger charge is 2.42. The summed E-state index contributed by atoms with van der Waals surface area (Å²) in [5.41, 5.74) is 3.40. The van der Waals surface area contributed by atoms with Crippen molar-refractivity contribution in [2.75, 3.05) is 13.1 Å². The van der Waals surface area contributed by atoms with Crippen LogP contribution in [-0.4, -0.2) is 40.4 Å². The highest BCUT2D eigenvalue weighted by molar-refractivity contribution is 5.79. The Hall–Kier alpha value is -2.10. The van der Waals surface area contributed by atoms with E-state index in [9.17, 15) is 0 Å². The molecule has 0 spiro atoms. The third-order valence-corrected chi connectivity index (χ3v) is 7.69. The highest BCUT2D eigenvalue weighted by atomic mass is 16.5. The van der Waals surface area contributed by atoms with E-state index in [4.69, 9.17) is 9.47 Å². The van der Waals surface area contributed by atoms with Crippen LogP contribution in [0.4, 0.5) is 0 Å². The third-order valence-electron chi connectivity index (χ3n) is 7.69. The van der Waals surface area contributed by atoms with Gasteiger partial charge in [-0.1, -0.05) is 60.7 Å². The lowest BCUT2D eigenvalue weighted by molar-refractivity contribution is -0.178. The summed E-state index contributed by atoms with van der Waals surface area (Å²) in [5, 5.41) is 0. The van der Waals surface area contributed by atoms with Gasteiger partial charge in [0, 0.05) is 24.9 Å². The molecule has 2 aliphatic rings. The van der Waals surface area contributed by atoms with E-state index in [1.807, 2.05) is 0 Å². The standard InChI is InChI=1S/C34H49NO2/c1-31(2)19-26(20-32(3,4)36-31)23-35(24-27-21-33(5,6)37-34(7,8)22-27)25-30(28-15-11-9-12-16-28)29-17-13-10-14-18-29/h9-18,25-27H,19-24H2,1-8H3. The van der Waals surface area contributed by atoms with Crippen LogP contribution in [0, 0.1) is 11.8 Å². The van der Waals surface area contributed by atoms with E-state index in [1.165, 1.54) is 16.7 Å². The minimum Gasteiger partial charge on any atom is -0.376 e. The van der Waals surface area contributed by atoms with Crippen molar-refractivity contribution in [1.29, 1.82) is 0 Å². The predicted octanol–water partition coefficient (Wildman–Crippen LogP) is 8.35. The smallest absolute Gasteiger partial charge is 0.0637 e. The van der Waals surface area contributed by atoms with Crippen LogP contribution in [0.2, 0.25) is 0 Å². The van der Waals surface area contributed by atoms with Gasteiger partial charge < -0.3 is 14.4 Å². The molecule has 0 atom stereocenters. The zero-order valence-corrected chi connectivity index (χ0v) is 24.5. The maximum absolute atomic E-state index is 6.45. The van der Waals surface area contributed by atoms with E-state index in [0.29, 0.717) is 11.8 Å². The number of nitrogens with zero attached hydrogens (tertiary/aromatic N) is 1. The Labute approximate surface area is 226 Å². The summed E-state index contributed by atoms with van der Waals surface area (Å²) in [6.45, 7) is 20.1. The fraction of sp³-hybridized carbons (Fsp3) is 0.588. The van der Waals surface area contributed by atoms with Gasteiger partial charge in [0.15, 0.2) is 0 Å². The summed E-state index contributed by atoms with van der Waals surface area (Å²) in [6, 6.07) is 21.7. The van der Waals surface area contributed by atoms with Gasteiger partial charge >= 0.3 is 0 Å². The Bertz CT molecular complexity index is 938. The molecule has 0 N–H and O–H groups in total. The van der Waals surface area contributed by atoms with Crippen molar-refractivity contribution < 1.29 is 9.47 Å². The molecule has 0 bridgehead atoms. The molecule has 3 heteroatoms. The van der Waals surface area contributed by atoms with E-state index in [2.05, 4.69) is 127 Å². The molecule has 0 aliphatic carbocycles. The van der Waals surface area contributed by atoms with Crippen molar-refractivity contribution in [2.24, 2.45) is 11.8 Å². The average molecular weight is 504 g/mol. The van der Waals surface area contributed by atoms with Gasteiger partial charge in [0.2, 0.25) is 0 Å². The lowest BCUT2D eigenvalue weighted by Crippen LogP contribution is -2.49. The molecule has 0 radical (unpaired) electrons. The molecule has 2 heterocycles. The Kier molecular flexibility index (Phi) is 7.98. The summed E-state index contributed by atoms with van der Waals surface area (Å²) in [6.07, 6.45) is 6.78. The predicted molar refractivity (Wildman–Crippen MR) is 155 cm³/mol. The molecule has 2 aliphatic heterocycles. The summed E-state index contributed by atoms with van der Waals surface area (Å²) >= 11 is 0. The van der Waals surface area contributed by atoms with Crippen LogP contribution in [0.3, 0.4) is 0 Å². The average Bonchev–Trinajstić information content (AvgIpc) is 2.74. The SMILES string of the molecule is CC1(C)CC(CN(C=C(c2ccccc2)c2ccccc2)CC2CC(C)(C)OC(C)(C)C2)CC(C)(C)O1. The molecule has 202 valence electrons. The van der Waals surface area contributed by atoms with Gasteiger partial charge in [0.25, 0.3) is 0 Å². The molecule has 0 unspecified atom stereocenters. The van der Waals surface area contributed by atoms with Crippen molar-refractivity contribution in [3.05, 3.63) is 78.0 Å². The lowest BCUT2D eigenvalue weighted by Gasteiger charge is -2.48. The summed E-state index contributed by atoms with van der Waals surface area (Å²) < 4.78 is 12.9. The van der Waals surface area contributed by atoms with Gasteiger partial charge in [0.05, 0.1) is 22.4 Å². The van der Waals surface area contributed by atoms with Crippen molar-refractivity contribution in [3.63, 3.8) is 0 Å². The maximum atomic E-state index is 6.45. The maximum Gasteiger partial charge on any atom is 0.0637 e. The van der Waals surface area contributed by atoms with Crippen molar-refractivity contribution in [1.82, 2.24) is 4.90 Å². The minimum absolute atomic E-state index is 0.105. The molecule has 2 aromatic carbocycles. The van der Waals surface area contributed by atoms with E-state index >= 15 is 0 Å². The topological polar surface area (TPSA) is 21.7 Å². The molecule has 0 amide bonds. The van der Waals surface area contributed by atoms with E-state index in [1.54, 1.807) is 0 Å². The minimum atomic E-state index is -0.105. The van der Waals surface area contributed by atoms with Gasteiger partial charge in [-0.3, -0.25) is 0 Å². The zero-order chi connectivity index (χ0) is 26.9. The summed E-state index contributed by atoms with van der Waals surface area (Å²) in [4.78, 5) is 2.64. The quantitative estimate of drug-likeness (QED) is 0.379. The number of rotatable bonds is 7. The second kappa shape index (κ2) is 10.6. The van der Waals surface area contributed by atoms with Gasteiger partial charge in [-0.05, 0) is 104 Å². The van der Waals surface area contributed by atoms with Gasteiger partial charge in [-0.25, -0.2) is 0 Å². The Morgan fingerprint density at radius 1 is 0.622 bits per heavy atom. The van der Waals surface area contributed by atoms with E-state index in [0.717, 1.165) is 38.8 Å². The Morgan fingerprint density at radius 3 is 1.27 bits per heavy atom. The molecular weight excluding hydrogens is 454 g/mol. The van der Waals surface area contributed by atoms with Crippen LogP contribution in [0.25, 0.3) is 5.57 Å². The molecule has 3 nitrogen and oxygen atoms in total. The fourth-order valence-corrected chi connectivity index (χ4v) is 7.42. The molecule has 0 saturated carbocycles. The molecular formula is C34H49NO2. The first-order valence-electron chi connectivity index (χ1n) is 14.2. The second-order valence-corrected chi connectivity index (χ2v) is 14.0. The molecule has 0 aromatic heterocycles. The lowest BCUT2D eigenvalue weighted by atomic mass is 9.79. The Morgan fingerprint density at radius 2 is 0.946 bits per heavy atom. The zero-order valence-electron chi connectivity index (χ0n) is 24.5. The number of ether oxygens (including phenoxy) is 2. The Balaban J connectivity index is 1.70. The molecule has 2 aromatic rings. The van der Waals surface area contributed by atoms with Crippen LogP contribution in [0.1, 0.15) is 92.2 Å². The second-order valence-electron chi connectivity index (χ2n) is 14.0. The van der Waals surface area contributed by atoms with Crippen LogP contribution in [-0.2, 0) is 9.47 Å². The number of hydrogen-bond donors (Lipinski definition) is 0. The fourth-order valence-electron chi connectivity index (χ4n) is 7.42. The summed E-state index contributed by atoms with van der Waals surface area (Å²) in [5.74, 6) is 1.15. The van der Waals surface area contributed by atoms with E-state index < -0.39 is 0 Å². The van der Waals surface area contributed by atoms with E-state index in [-0.39, 0.29) is 22.4 Å². The summed E-state index contributed by atoms with van der Waals surface area (Å²) in [7, 11) is 0. The molecule has 4 rings (SSSR count).